The first-order chi connectivity index (χ1) is 40.8. The van der Waals surface area contributed by atoms with Crippen LogP contribution in [0.3, 0.4) is 0 Å². The molecule has 0 amide bonds. The van der Waals surface area contributed by atoms with Crippen molar-refractivity contribution in [2.24, 2.45) is 53.3 Å². The summed E-state index contributed by atoms with van der Waals surface area (Å²) in [4.78, 5) is 11.5. The van der Waals surface area contributed by atoms with Crippen molar-refractivity contribution in [1.82, 2.24) is 0 Å². The van der Waals surface area contributed by atoms with Gasteiger partial charge in [-0.1, -0.05) is 134 Å². The van der Waals surface area contributed by atoms with Crippen LogP contribution in [0.5, 0.6) is 17.2 Å². The summed E-state index contributed by atoms with van der Waals surface area (Å²) < 4.78 is 86.1. The summed E-state index contributed by atoms with van der Waals surface area (Å²) in [5, 5.41) is 19.8. The second-order valence-corrected chi connectivity index (χ2v) is 30.2. The third-order valence-corrected chi connectivity index (χ3v) is 22.2. The fraction of sp³-hybridized carbons (Fsp3) is 0.732. The van der Waals surface area contributed by atoms with E-state index < -0.39 is 40.0 Å². The number of hydrogen-bond donors (Lipinski definition) is 2. The molecule has 6 fully saturated rings. The Bertz CT molecular complexity index is 2530. The summed E-state index contributed by atoms with van der Waals surface area (Å²) in [5.74, 6) is 6.90. The van der Waals surface area contributed by atoms with E-state index >= 15 is 0 Å². The Morgan fingerprint density at radius 1 is 0.518 bits per heavy atom. The van der Waals surface area contributed by atoms with Crippen LogP contribution < -0.4 is 9.47 Å². The van der Waals surface area contributed by atoms with Crippen LogP contribution in [-0.2, 0) is 26.9 Å². The molecule has 6 nitrogen and oxygen atoms in total. The molecule has 0 saturated heterocycles. The zero-order chi connectivity index (χ0) is 60.7. The minimum absolute atomic E-state index is 0.189. The molecule has 0 aromatic heterocycles. The highest BCUT2D eigenvalue weighted by molar-refractivity contribution is 8.26. The van der Waals surface area contributed by atoms with Crippen LogP contribution in [-0.4, -0.2) is 51.1 Å². The number of benzene rings is 3. The van der Waals surface area contributed by atoms with Gasteiger partial charge in [-0.15, -0.1) is 0 Å². The van der Waals surface area contributed by atoms with Gasteiger partial charge in [-0.25, -0.2) is 4.21 Å². The number of carbonyl (C=O) groups is 1. The fourth-order valence-electron chi connectivity index (χ4n) is 17.3. The second-order valence-electron chi connectivity index (χ2n) is 27.6. The molecule has 85 heavy (non-hydrogen) atoms. The van der Waals surface area contributed by atoms with Gasteiger partial charge in [0, 0.05) is 39.8 Å². The zero-order valence-electron chi connectivity index (χ0n) is 51.3. The van der Waals surface area contributed by atoms with Gasteiger partial charge in [0.05, 0.1) is 0 Å². The number of rotatable bonds is 13. The van der Waals surface area contributed by atoms with Crippen LogP contribution in [0.2, 0.25) is 0 Å². The second kappa shape index (κ2) is 32.2. The van der Waals surface area contributed by atoms with E-state index in [1.807, 2.05) is 12.1 Å². The Balaban J connectivity index is 0.000000164. The molecule has 2 aliphatic heterocycles. The fourth-order valence-corrected chi connectivity index (χ4v) is 17.3. The lowest BCUT2D eigenvalue weighted by molar-refractivity contribution is -0.346. The zero-order valence-corrected chi connectivity index (χ0v) is 53.7. The molecule has 0 spiro atoms. The molecule has 3 aromatic carbocycles. The first-order valence-electron chi connectivity index (χ1n) is 33.5. The van der Waals surface area contributed by atoms with Gasteiger partial charge in [-0.05, 0) is 233 Å². The number of fused-ring (bicyclic) bond motifs is 2. The number of hydrogen-bond acceptors (Lipinski definition) is 6. The molecule has 8 aliphatic rings. The van der Waals surface area contributed by atoms with Crippen LogP contribution in [0.25, 0.3) is 0 Å². The number of Topliss-reactive ketones (excluding diaryl/α,β-unsaturated/α-hetero) is 1. The number of aliphatic hydroxyl groups is 1. The Morgan fingerprint density at radius 3 is 1.24 bits per heavy atom. The van der Waals surface area contributed by atoms with Crippen LogP contribution in [0.1, 0.15) is 259 Å². The first kappa shape index (κ1) is 68.0. The van der Waals surface area contributed by atoms with Crippen molar-refractivity contribution in [2.75, 3.05) is 13.2 Å². The van der Waals surface area contributed by atoms with E-state index in [1.54, 1.807) is 24.3 Å². The van der Waals surface area contributed by atoms with Gasteiger partial charge in [0.2, 0.25) is 9.23 Å². The van der Waals surface area contributed by atoms with E-state index in [0.717, 1.165) is 83.0 Å². The molecule has 476 valence electrons. The van der Waals surface area contributed by atoms with Gasteiger partial charge in [0.25, 0.3) is 0 Å². The lowest BCUT2D eigenvalue weighted by atomic mass is 9.68. The molecule has 6 aliphatic carbocycles. The third-order valence-electron chi connectivity index (χ3n) is 22.2. The average Bonchev–Trinajstić information content (AvgIpc) is 2.86. The van der Waals surface area contributed by atoms with Crippen molar-refractivity contribution in [1.29, 1.82) is 0 Å². The lowest BCUT2D eigenvalue weighted by Crippen LogP contribution is -2.62. The number of aromatic hydroxyl groups is 1. The summed E-state index contributed by atoms with van der Waals surface area (Å²) in [6.07, 6.45) is 34.9. The number of phenols is 1. The van der Waals surface area contributed by atoms with E-state index in [0.29, 0.717) is 35.7 Å². The molecule has 11 rings (SSSR count). The number of ketones is 1. The largest absolute Gasteiger partial charge is 0.508 e. The summed E-state index contributed by atoms with van der Waals surface area (Å²) in [5.41, 5.74) is 1.80. The number of phenolic OH excluding ortho intramolecular Hbond substituents is 1. The minimum atomic E-state index is -5.84. The molecule has 0 bridgehead atoms. The summed E-state index contributed by atoms with van der Waals surface area (Å²) >= 11 is 0. The molecule has 2 heterocycles. The molecular formula is C71H101Cl2F5O6S. The number of carbonyl (C=O) groups excluding carboxylic acids is 1. The molecule has 1 atom stereocenters. The SMILES string of the molecule is CCCC1CCC(C2CCC(c3ccc4c(c3)OCC(=O)C4)CC2)CC1.CCCC1CCC(C2CCC(c3ccc4c(c3)OCC(O)(C(F)(F)C(F)(F)F)C4)CC2)CC1.CCCC1CCC(C2CCC(c3cccc(O)c3)CC2)CC1.O=S(Cl)Cl. The number of alkyl halides is 5. The van der Waals surface area contributed by atoms with Crippen LogP contribution in [0.15, 0.2) is 60.7 Å². The Hall–Kier alpha value is -2.93. The van der Waals surface area contributed by atoms with Crippen molar-refractivity contribution in [2.45, 2.75) is 262 Å². The Labute approximate surface area is 518 Å². The van der Waals surface area contributed by atoms with Crippen LogP contribution >= 0.6 is 21.4 Å². The Kier molecular flexibility index (Phi) is 25.7. The highest BCUT2D eigenvalue weighted by Gasteiger charge is 2.71. The molecule has 3 aromatic rings. The van der Waals surface area contributed by atoms with Gasteiger partial charge < -0.3 is 19.7 Å². The predicted molar refractivity (Wildman–Crippen MR) is 335 cm³/mol. The normalized spacial score (nSPS) is 31.6. The van der Waals surface area contributed by atoms with Crippen molar-refractivity contribution < 1.29 is 50.6 Å². The molecular weight excluding hydrogens is 1150 g/mol. The molecule has 6 saturated carbocycles. The minimum Gasteiger partial charge on any atom is -0.508 e. The van der Waals surface area contributed by atoms with Crippen LogP contribution in [0, 0.1) is 53.3 Å². The van der Waals surface area contributed by atoms with E-state index in [4.69, 9.17) is 13.7 Å². The monoisotopic (exact) mass is 1250 g/mol. The third kappa shape index (κ3) is 18.8. The van der Waals surface area contributed by atoms with Crippen molar-refractivity contribution >= 4 is 36.4 Å². The quantitative estimate of drug-likeness (QED) is 0.131. The lowest BCUT2D eigenvalue weighted by Gasteiger charge is -2.40. The number of halogens is 7. The van der Waals surface area contributed by atoms with E-state index in [2.05, 4.69) is 66.4 Å². The van der Waals surface area contributed by atoms with Gasteiger partial charge in [0.15, 0.2) is 11.4 Å². The summed E-state index contributed by atoms with van der Waals surface area (Å²) in [6.45, 7) is 6.09. The maximum absolute atomic E-state index is 13.9. The molecule has 2 N–H and O–H groups in total. The predicted octanol–water partition coefficient (Wildman–Crippen LogP) is 20.8. The van der Waals surface area contributed by atoms with E-state index in [9.17, 15) is 37.0 Å². The highest BCUT2D eigenvalue weighted by Crippen LogP contribution is 2.51. The van der Waals surface area contributed by atoms with E-state index in [1.165, 1.54) is 191 Å². The average molecular weight is 1250 g/mol. The van der Waals surface area contributed by atoms with Gasteiger partial charge in [0.1, 0.15) is 30.5 Å². The van der Waals surface area contributed by atoms with Crippen molar-refractivity contribution in [3.05, 3.63) is 88.5 Å². The molecule has 0 radical (unpaired) electrons. The van der Waals surface area contributed by atoms with Gasteiger partial charge in [-0.2, -0.15) is 22.0 Å². The van der Waals surface area contributed by atoms with Crippen LogP contribution in [0.4, 0.5) is 22.0 Å². The molecule has 1 unspecified atom stereocenters. The van der Waals surface area contributed by atoms with Crippen molar-refractivity contribution in [3.8, 4) is 17.2 Å². The maximum atomic E-state index is 13.9. The standard InChI is InChI=1S/C26H35F5O2.C24H34O2.C21H32O.Cl2OS/c1-2-3-17-4-6-18(7-5-17)19-8-10-20(11-9-19)21-12-13-22-15-24(32,16-33-23(22)14-21)25(27,28)26(29,30)31;1-2-3-17-4-6-18(7-5-17)19-8-10-20(11-9-19)21-12-13-22-14-23(25)16-26-24(22)15-21;1-2-4-16-7-9-17(10-8-16)18-11-13-19(14-12-18)20-5-3-6-21(22)15-20;1-4(2)3/h12-14,17-20,32H,2-11,15-16H2,1H3;12-13,15,17-20H,2-11,14,16H2,1H3;3,5-6,15-19,22H,2,4,7-14H2,1H3;. The van der Waals surface area contributed by atoms with Gasteiger partial charge >= 0.3 is 12.1 Å². The maximum Gasteiger partial charge on any atom is 0.456 e. The molecule has 14 heteroatoms. The topological polar surface area (TPSA) is 93.1 Å². The highest BCUT2D eigenvalue weighted by atomic mass is 36.0. The van der Waals surface area contributed by atoms with E-state index in [-0.39, 0.29) is 18.0 Å². The Morgan fingerprint density at radius 2 is 0.871 bits per heavy atom. The first-order valence-corrected chi connectivity index (χ1v) is 36.3. The smallest absolute Gasteiger partial charge is 0.456 e. The summed E-state index contributed by atoms with van der Waals surface area (Å²) in [7, 11) is 7.36. The van der Waals surface area contributed by atoms with Crippen molar-refractivity contribution in [3.63, 3.8) is 0 Å². The number of ether oxygens (including phenoxy) is 2. The van der Waals surface area contributed by atoms with Gasteiger partial charge in [-0.3, -0.25) is 4.79 Å². The summed E-state index contributed by atoms with van der Waals surface area (Å²) in [6, 6.07) is 19.7.